The molecule has 21 heavy (non-hydrogen) atoms. The molecule has 1 aliphatic heterocycles. The van der Waals surface area contributed by atoms with Crippen molar-refractivity contribution in [3.05, 3.63) is 22.7 Å². The standard InChI is InChI=1S/C15H26N4O2/c1-12(6-10-21-3)17-13-5-4-8-19(11-13)14-15(20)18(2)9-7-16-14/h7,9,12-13,17H,4-6,8,10-11H2,1-3H3. The number of ether oxygens (including phenoxy) is 1. The minimum Gasteiger partial charge on any atom is -0.385 e. The average Bonchev–Trinajstić information content (AvgIpc) is 2.48. The van der Waals surface area contributed by atoms with Gasteiger partial charge in [-0.25, -0.2) is 4.98 Å². The first-order chi connectivity index (χ1) is 10.1. The molecule has 0 radical (unpaired) electrons. The van der Waals surface area contributed by atoms with E-state index in [0.717, 1.165) is 39.0 Å². The van der Waals surface area contributed by atoms with Gasteiger partial charge in [0.2, 0.25) is 0 Å². The van der Waals surface area contributed by atoms with Crippen LogP contribution in [0.1, 0.15) is 26.2 Å². The van der Waals surface area contributed by atoms with Gasteiger partial charge >= 0.3 is 0 Å². The third-order valence-electron chi connectivity index (χ3n) is 3.99. The van der Waals surface area contributed by atoms with Gasteiger partial charge in [-0.15, -0.1) is 0 Å². The number of methoxy groups -OCH3 is 1. The molecule has 2 rings (SSSR count). The van der Waals surface area contributed by atoms with Gasteiger partial charge in [-0.3, -0.25) is 4.79 Å². The Morgan fingerprint density at radius 1 is 1.57 bits per heavy atom. The second-order valence-electron chi connectivity index (χ2n) is 5.80. The first-order valence-electron chi connectivity index (χ1n) is 7.63. The van der Waals surface area contributed by atoms with E-state index in [0.29, 0.717) is 17.9 Å². The van der Waals surface area contributed by atoms with Gasteiger partial charge in [0.05, 0.1) is 0 Å². The zero-order valence-electron chi connectivity index (χ0n) is 13.2. The van der Waals surface area contributed by atoms with Crippen LogP contribution in [0.15, 0.2) is 17.2 Å². The van der Waals surface area contributed by atoms with Gasteiger partial charge in [0.1, 0.15) is 0 Å². The van der Waals surface area contributed by atoms with Gasteiger partial charge in [-0.1, -0.05) is 0 Å². The van der Waals surface area contributed by atoms with Gasteiger partial charge in [0.25, 0.3) is 5.56 Å². The predicted molar refractivity (Wildman–Crippen MR) is 83.8 cm³/mol. The molecule has 0 amide bonds. The number of anilines is 1. The Bertz CT molecular complexity index is 503. The second-order valence-corrected chi connectivity index (χ2v) is 5.80. The maximum Gasteiger partial charge on any atom is 0.293 e. The minimum absolute atomic E-state index is 0.0226. The molecule has 2 atom stereocenters. The number of piperidine rings is 1. The number of hydrogen-bond donors (Lipinski definition) is 1. The Kier molecular flexibility index (Phi) is 5.76. The quantitative estimate of drug-likeness (QED) is 0.839. The van der Waals surface area contributed by atoms with E-state index in [4.69, 9.17) is 4.74 Å². The van der Waals surface area contributed by atoms with Crippen molar-refractivity contribution in [1.82, 2.24) is 14.9 Å². The van der Waals surface area contributed by atoms with Crippen LogP contribution < -0.4 is 15.8 Å². The monoisotopic (exact) mass is 294 g/mol. The maximum absolute atomic E-state index is 12.2. The van der Waals surface area contributed by atoms with E-state index in [1.165, 1.54) is 0 Å². The molecule has 1 saturated heterocycles. The van der Waals surface area contributed by atoms with Gasteiger partial charge in [-0.2, -0.15) is 0 Å². The van der Waals surface area contributed by atoms with E-state index in [1.807, 2.05) is 0 Å². The summed E-state index contributed by atoms with van der Waals surface area (Å²) in [6.07, 6.45) is 6.60. The lowest BCUT2D eigenvalue weighted by molar-refractivity contribution is 0.181. The normalized spacial score (nSPS) is 20.5. The van der Waals surface area contributed by atoms with E-state index in [2.05, 4.69) is 22.1 Å². The molecule has 1 aliphatic rings. The average molecular weight is 294 g/mol. The highest BCUT2D eigenvalue weighted by atomic mass is 16.5. The van der Waals surface area contributed by atoms with Crippen LogP contribution in [0.4, 0.5) is 5.82 Å². The number of nitrogens with zero attached hydrogens (tertiary/aromatic N) is 3. The third-order valence-corrected chi connectivity index (χ3v) is 3.99. The van der Waals surface area contributed by atoms with E-state index in [1.54, 1.807) is 31.1 Å². The van der Waals surface area contributed by atoms with E-state index >= 15 is 0 Å². The SMILES string of the molecule is COCCC(C)NC1CCCN(c2nccn(C)c2=O)C1. The lowest BCUT2D eigenvalue weighted by Crippen LogP contribution is -2.50. The Hall–Kier alpha value is -1.40. The summed E-state index contributed by atoms with van der Waals surface area (Å²) in [5.74, 6) is 0.566. The molecule has 0 bridgehead atoms. The number of hydrogen-bond acceptors (Lipinski definition) is 5. The molecule has 1 aromatic heterocycles. The van der Waals surface area contributed by atoms with Crippen molar-refractivity contribution in [3.8, 4) is 0 Å². The molecule has 2 unspecified atom stereocenters. The highest BCUT2D eigenvalue weighted by Gasteiger charge is 2.23. The largest absolute Gasteiger partial charge is 0.385 e. The van der Waals surface area contributed by atoms with Crippen LogP contribution in [-0.2, 0) is 11.8 Å². The predicted octanol–water partition coefficient (Wildman–Crippen LogP) is 0.764. The number of nitrogens with one attached hydrogen (secondary N) is 1. The van der Waals surface area contributed by atoms with Crippen molar-refractivity contribution in [2.45, 2.75) is 38.3 Å². The molecule has 0 spiro atoms. The summed E-state index contributed by atoms with van der Waals surface area (Å²) in [4.78, 5) is 18.5. The van der Waals surface area contributed by atoms with E-state index in [9.17, 15) is 4.79 Å². The van der Waals surface area contributed by atoms with Crippen molar-refractivity contribution in [2.24, 2.45) is 7.05 Å². The van der Waals surface area contributed by atoms with Gasteiger partial charge in [0.15, 0.2) is 5.82 Å². The first-order valence-corrected chi connectivity index (χ1v) is 7.63. The van der Waals surface area contributed by atoms with Crippen molar-refractivity contribution >= 4 is 5.82 Å². The summed E-state index contributed by atoms with van der Waals surface area (Å²) in [5, 5.41) is 3.63. The molecular formula is C15H26N4O2. The maximum atomic E-state index is 12.2. The van der Waals surface area contributed by atoms with Crippen LogP contribution in [0.2, 0.25) is 0 Å². The first kappa shape index (κ1) is 16.0. The molecule has 0 aliphatic carbocycles. The van der Waals surface area contributed by atoms with Crippen molar-refractivity contribution in [3.63, 3.8) is 0 Å². The zero-order chi connectivity index (χ0) is 15.2. The topological polar surface area (TPSA) is 59.4 Å². The van der Waals surface area contributed by atoms with E-state index in [-0.39, 0.29) is 5.56 Å². The highest BCUT2D eigenvalue weighted by molar-refractivity contribution is 5.36. The van der Waals surface area contributed by atoms with Crippen LogP contribution in [0.25, 0.3) is 0 Å². The fraction of sp³-hybridized carbons (Fsp3) is 0.733. The van der Waals surface area contributed by atoms with Crippen molar-refractivity contribution in [1.29, 1.82) is 0 Å². The van der Waals surface area contributed by atoms with Gasteiger partial charge < -0.3 is 19.5 Å². The van der Waals surface area contributed by atoms with Crippen molar-refractivity contribution < 1.29 is 4.74 Å². The van der Waals surface area contributed by atoms with Gasteiger partial charge in [0, 0.05) is 58.3 Å². The Balaban J connectivity index is 1.97. The molecule has 2 heterocycles. The lowest BCUT2D eigenvalue weighted by Gasteiger charge is -2.35. The minimum atomic E-state index is -0.0226. The molecule has 1 N–H and O–H groups in total. The second kappa shape index (κ2) is 7.56. The summed E-state index contributed by atoms with van der Waals surface area (Å²) < 4.78 is 6.70. The summed E-state index contributed by atoms with van der Waals surface area (Å²) in [7, 11) is 3.49. The van der Waals surface area contributed by atoms with Crippen LogP contribution in [0.5, 0.6) is 0 Å². The summed E-state index contributed by atoms with van der Waals surface area (Å²) in [6.45, 7) is 4.68. The molecule has 1 fully saturated rings. The number of aryl methyl sites for hydroxylation is 1. The summed E-state index contributed by atoms with van der Waals surface area (Å²) in [6, 6.07) is 0.818. The lowest BCUT2D eigenvalue weighted by atomic mass is 10.0. The van der Waals surface area contributed by atoms with Crippen LogP contribution in [0, 0.1) is 0 Å². The van der Waals surface area contributed by atoms with Crippen LogP contribution >= 0.6 is 0 Å². The van der Waals surface area contributed by atoms with Crippen LogP contribution in [0.3, 0.4) is 0 Å². The number of rotatable bonds is 6. The Morgan fingerprint density at radius 3 is 3.14 bits per heavy atom. The zero-order valence-corrected chi connectivity index (χ0v) is 13.2. The summed E-state index contributed by atoms with van der Waals surface area (Å²) in [5.41, 5.74) is -0.0226. The summed E-state index contributed by atoms with van der Waals surface area (Å²) >= 11 is 0. The molecule has 1 aromatic rings. The molecule has 118 valence electrons. The highest BCUT2D eigenvalue weighted by Crippen LogP contribution is 2.15. The van der Waals surface area contributed by atoms with Gasteiger partial charge in [-0.05, 0) is 26.2 Å². The Morgan fingerprint density at radius 2 is 2.38 bits per heavy atom. The Labute approximate surface area is 126 Å². The third kappa shape index (κ3) is 4.28. The molecule has 6 heteroatoms. The molecular weight excluding hydrogens is 268 g/mol. The van der Waals surface area contributed by atoms with E-state index < -0.39 is 0 Å². The molecule has 0 saturated carbocycles. The van der Waals surface area contributed by atoms with Crippen molar-refractivity contribution in [2.75, 3.05) is 31.7 Å². The fourth-order valence-corrected chi connectivity index (χ4v) is 2.79. The molecule has 0 aromatic carbocycles. The smallest absolute Gasteiger partial charge is 0.293 e. The van der Waals surface area contributed by atoms with Crippen LogP contribution in [-0.4, -0.2) is 48.4 Å². The number of aromatic nitrogens is 2. The fourth-order valence-electron chi connectivity index (χ4n) is 2.79. The molecule has 6 nitrogen and oxygen atoms in total.